The number of anilines is 2. The topological polar surface area (TPSA) is 136 Å². The van der Waals surface area contributed by atoms with E-state index in [1.807, 2.05) is 0 Å². The van der Waals surface area contributed by atoms with Crippen LogP contribution in [0.5, 0.6) is 0 Å². The smallest absolute Gasteiger partial charge is 0.265 e. The molecule has 0 aliphatic heterocycles. The number of nitrogens with one attached hydrogen (secondary N) is 2. The maximum absolute atomic E-state index is 13.4. The Hall–Kier alpha value is -4.61. The Morgan fingerprint density at radius 3 is 2.40 bits per heavy atom. The van der Waals surface area contributed by atoms with Gasteiger partial charge in [0, 0.05) is 34.1 Å². The minimum absolute atomic E-state index is 0.0264. The summed E-state index contributed by atoms with van der Waals surface area (Å²) >= 11 is 5.99. The first-order valence-electron chi connectivity index (χ1n) is 12.1. The van der Waals surface area contributed by atoms with Crippen LogP contribution in [0.3, 0.4) is 0 Å². The van der Waals surface area contributed by atoms with Crippen LogP contribution < -0.4 is 15.6 Å². The zero-order valence-corrected chi connectivity index (χ0v) is 23.0. The molecule has 0 saturated heterocycles. The fraction of sp³-hybridized carbons (Fsp3) is 0.107. The minimum atomic E-state index is -3.93. The molecule has 3 aromatic heterocycles. The maximum atomic E-state index is 13.4. The molecule has 2 N–H and O–H groups in total. The van der Waals surface area contributed by atoms with E-state index in [1.54, 1.807) is 56.4 Å². The van der Waals surface area contributed by atoms with Gasteiger partial charge in [0.05, 0.1) is 11.4 Å². The third kappa shape index (κ3) is 5.85. The fourth-order valence-corrected chi connectivity index (χ4v) is 5.29. The largest absolute Gasteiger partial charge is 0.322 e. The monoisotopic (exact) mass is 574 g/mol. The summed E-state index contributed by atoms with van der Waals surface area (Å²) in [7, 11) is -3.93. The first-order valence-corrected chi connectivity index (χ1v) is 13.9. The van der Waals surface area contributed by atoms with E-state index >= 15 is 0 Å². The van der Waals surface area contributed by atoms with E-state index < -0.39 is 21.5 Å². The number of aromatic nitrogens is 4. The molecule has 3 heterocycles. The molecule has 0 aliphatic rings. The van der Waals surface area contributed by atoms with Crippen molar-refractivity contribution in [3.05, 3.63) is 117 Å². The van der Waals surface area contributed by atoms with Gasteiger partial charge in [-0.25, -0.2) is 23.4 Å². The molecule has 0 saturated carbocycles. The van der Waals surface area contributed by atoms with E-state index in [9.17, 15) is 18.0 Å². The second-order valence-electron chi connectivity index (χ2n) is 9.02. The molecule has 0 atom stereocenters. The first kappa shape index (κ1) is 27.0. The first-order chi connectivity index (χ1) is 19.1. The number of halogens is 1. The number of carbonyl (C=O) groups is 1. The number of nitrogens with zero attached hydrogens (tertiary/aromatic N) is 4. The molecule has 0 aliphatic carbocycles. The van der Waals surface area contributed by atoms with E-state index in [2.05, 4.69) is 25.0 Å². The highest BCUT2D eigenvalue weighted by Crippen LogP contribution is 2.19. The van der Waals surface area contributed by atoms with Crippen LogP contribution in [0.25, 0.3) is 11.0 Å². The number of fused-ring (bicyclic) bond motifs is 1. The SMILES string of the molecule is Cc1cc(NS(=O)(=O)c2ccc(NC(=O)c3cc4cccnc4n(Cc4ccc(Cl)cc4)c3=O)cc2)nc(C)n1. The third-order valence-corrected chi connectivity index (χ3v) is 7.60. The second-order valence-corrected chi connectivity index (χ2v) is 11.1. The van der Waals surface area contributed by atoms with Crippen LogP contribution in [0.4, 0.5) is 11.5 Å². The molecule has 0 bridgehead atoms. The Morgan fingerprint density at radius 2 is 1.70 bits per heavy atom. The number of benzene rings is 2. The van der Waals surface area contributed by atoms with Crippen molar-refractivity contribution in [3.63, 3.8) is 0 Å². The summed E-state index contributed by atoms with van der Waals surface area (Å²) in [5.41, 5.74) is 1.59. The molecule has 0 spiro atoms. The summed E-state index contributed by atoms with van der Waals surface area (Å²) in [4.78, 5) is 39.2. The zero-order chi connectivity index (χ0) is 28.4. The van der Waals surface area contributed by atoms with Crippen molar-refractivity contribution in [1.82, 2.24) is 19.5 Å². The minimum Gasteiger partial charge on any atom is -0.322 e. The van der Waals surface area contributed by atoms with Gasteiger partial charge >= 0.3 is 0 Å². The summed E-state index contributed by atoms with van der Waals surface area (Å²) in [6.45, 7) is 3.60. The van der Waals surface area contributed by atoms with Crippen molar-refractivity contribution < 1.29 is 13.2 Å². The molecule has 202 valence electrons. The summed E-state index contributed by atoms with van der Waals surface area (Å²) in [5.74, 6) is -0.0446. The highest BCUT2D eigenvalue weighted by Gasteiger charge is 2.19. The lowest BCUT2D eigenvalue weighted by Gasteiger charge is -2.13. The highest BCUT2D eigenvalue weighted by molar-refractivity contribution is 7.92. The number of pyridine rings is 2. The van der Waals surface area contributed by atoms with E-state index in [0.717, 1.165) is 5.56 Å². The van der Waals surface area contributed by atoms with Crippen LogP contribution in [0.15, 0.2) is 88.7 Å². The third-order valence-electron chi connectivity index (χ3n) is 5.97. The van der Waals surface area contributed by atoms with Gasteiger partial charge in [0.25, 0.3) is 21.5 Å². The average Bonchev–Trinajstić information content (AvgIpc) is 2.90. The van der Waals surface area contributed by atoms with Crippen molar-refractivity contribution in [2.45, 2.75) is 25.3 Å². The molecule has 0 radical (unpaired) electrons. The standard InChI is InChI=1S/C28H23ClN6O4S/c1-17-14-25(32-18(2)31-17)34-40(38,39)23-11-9-22(10-12-23)33-27(36)24-15-20-4-3-13-30-26(20)35(28(24)37)16-19-5-7-21(29)8-6-19/h3-15H,16H2,1-2H3,(H,33,36)(H,31,32,34). The molecule has 0 fully saturated rings. The van der Waals surface area contributed by atoms with Gasteiger partial charge in [0.2, 0.25) is 0 Å². The van der Waals surface area contributed by atoms with E-state index in [1.165, 1.54) is 41.0 Å². The number of aryl methyl sites for hydroxylation is 2. The van der Waals surface area contributed by atoms with Crippen LogP contribution in [0, 0.1) is 13.8 Å². The lowest BCUT2D eigenvalue weighted by Crippen LogP contribution is -2.30. The van der Waals surface area contributed by atoms with Gasteiger partial charge in [-0.3, -0.25) is 18.9 Å². The average molecular weight is 575 g/mol. The van der Waals surface area contributed by atoms with E-state index in [4.69, 9.17) is 11.6 Å². The lowest BCUT2D eigenvalue weighted by molar-refractivity contribution is 0.102. The van der Waals surface area contributed by atoms with Crippen molar-refractivity contribution in [3.8, 4) is 0 Å². The van der Waals surface area contributed by atoms with Crippen LogP contribution >= 0.6 is 11.6 Å². The van der Waals surface area contributed by atoms with Crippen molar-refractivity contribution in [2.75, 3.05) is 10.0 Å². The molecule has 10 nitrogen and oxygen atoms in total. The summed E-state index contributed by atoms with van der Waals surface area (Å²) in [6.07, 6.45) is 1.58. The Kier molecular flexibility index (Phi) is 7.33. The molecule has 2 aromatic carbocycles. The van der Waals surface area contributed by atoms with Crippen LogP contribution in [0.1, 0.15) is 27.4 Å². The highest BCUT2D eigenvalue weighted by atomic mass is 35.5. The van der Waals surface area contributed by atoms with Gasteiger partial charge < -0.3 is 5.32 Å². The predicted molar refractivity (Wildman–Crippen MR) is 153 cm³/mol. The zero-order valence-electron chi connectivity index (χ0n) is 21.4. The Labute approximate surface area is 234 Å². The Morgan fingerprint density at radius 1 is 0.975 bits per heavy atom. The molecule has 1 amide bonds. The summed E-state index contributed by atoms with van der Waals surface area (Å²) < 4.78 is 29.5. The molecule has 40 heavy (non-hydrogen) atoms. The van der Waals surface area contributed by atoms with E-state index in [-0.39, 0.29) is 22.8 Å². The van der Waals surface area contributed by atoms with Crippen LogP contribution in [-0.2, 0) is 16.6 Å². The number of carbonyl (C=O) groups excluding carboxylic acids is 1. The van der Waals surface area contributed by atoms with Crippen LogP contribution in [-0.4, -0.2) is 33.8 Å². The molecular formula is C28H23ClN6O4S. The fourth-order valence-electron chi connectivity index (χ4n) is 4.17. The van der Waals surface area contributed by atoms with Crippen LogP contribution in [0.2, 0.25) is 5.02 Å². The predicted octanol–water partition coefficient (Wildman–Crippen LogP) is 4.56. The summed E-state index contributed by atoms with van der Waals surface area (Å²) in [6, 6.07) is 19.1. The van der Waals surface area contributed by atoms with Gasteiger partial charge in [0.1, 0.15) is 22.9 Å². The van der Waals surface area contributed by atoms with Gasteiger partial charge in [-0.2, -0.15) is 0 Å². The number of hydrogen-bond donors (Lipinski definition) is 2. The van der Waals surface area contributed by atoms with E-state index in [0.29, 0.717) is 33.3 Å². The molecule has 5 aromatic rings. The molecule has 12 heteroatoms. The van der Waals surface area contributed by atoms with Gasteiger partial charge in [-0.1, -0.05) is 23.7 Å². The molecular weight excluding hydrogens is 552 g/mol. The quantitative estimate of drug-likeness (QED) is 0.291. The molecule has 5 rings (SSSR count). The number of amides is 1. The van der Waals surface area contributed by atoms with Crippen molar-refractivity contribution in [2.24, 2.45) is 0 Å². The Balaban J connectivity index is 1.40. The van der Waals surface area contributed by atoms with Crippen molar-refractivity contribution in [1.29, 1.82) is 0 Å². The second kappa shape index (κ2) is 10.9. The summed E-state index contributed by atoms with van der Waals surface area (Å²) in [5, 5.41) is 3.86. The number of hydrogen-bond acceptors (Lipinski definition) is 7. The normalized spacial score (nSPS) is 11.4. The number of sulfonamides is 1. The van der Waals surface area contributed by atoms with Gasteiger partial charge in [-0.15, -0.1) is 0 Å². The van der Waals surface area contributed by atoms with Gasteiger partial charge in [-0.05, 0) is 74.0 Å². The Bertz CT molecular complexity index is 1890. The van der Waals surface area contributed by atoms with Gasteiger partial charge in [0.15, 0.2) is 0 Å². The number of rotatable bonds is 7. The maximum Gasteiger partial charge on any atom is 0.265 e. The molecule has 0 unspecified atom stereocenters. The lowest BCUT2D eigenvalue weighted by atomic mass is 10.1. The van der Waals surface area contributed by atoms with Crippen molar-refractivity contribution >= 4 is 50.1 Å².